The van der Waals surface area contributed by atoms with Crippen LogP contribution in [0.2, 0.25) is 0 Å². The Morgan fingerprint density at radius 2 is 1.52 bits per heavy atom. The highest BCUT2D eigenvalue weighted by molar-refractivity contribution is 5.99. The van der Waals surface area contributed by atoms with Crippen molar-refractivity contribution in [3.05, 3.63) is 71.3 Å². The van der Waals surface area contributed by atoms with Crippen molar-refractivity contribution in [2.45, 2.75) is 46.0 Å². The summed E-state index contributed by atoms with van der Waals surface area (Å²) < 4.78 is 0. The maximum Gasteiger partial charge on any atom is 0.253 e. The van der Waals surface area contributed by atoms with E-state index in [0.29, 0.717) is 6.42 Å². The number of aryl methyl sites for hydroxylation is 2. The SMILES string of the molecule is Cc1ccc(-c2ccc3cc(C(=O)N4CCC5(CCNC(=O)CC5)CC4)ccc3c2)cc1C. The molecule has 2 fully saturated rings. The molecule has 1 N–H and O–H groups in total. The fraction of sp³-hybridized carbons (Fsp3) is 0.379. The minimum absolute atomic E-state index is 0.118. The number of nitrogens with one attached hydrogen (secondary N) is 1. The molecule has 3 aromatic rings. The van der Waals surface area contributed by atoms with Gasteiger partial charge in [0.1, 0.15) is 0 Å². The number of hydrogen-bond acceptors (Lipinski definition) is 2. The Kier molecular flexibility index (Phi) is 5.69. The molecule has 0 unspecified atom stereocenters. The van der Waals surface area contributed by atoms with Gasteiger partial charge in [0.2, 0.25) is 5.91 Å². The second-order valence-electron chi connectivity index (χ2n) is 9.97. The maximum absolute atomic E-state index is 13.3. The maximum atomic E-state index is 13.3. The first-order chi connectivity index (χ1) is 15.9. The van der Waals surface area contributed by atoms with Gasteiger partial charge in [0.05, 0.1) is 0 Å². The molecule has 170 valence electrons. The molecule has 4 heteroatoms. The van der Waals surface area contributed by atoms with E-state index in [0.717, 1.165) is 61.7 Å². The highest BCUT2D eigenvalue weighted by atomic mass is 16.2. The normalized spacial score (nSPS) is 18.2. The molecule has 0 atom stereocenters. The Hall–Kier alpha value is -3.14. The smallest absolute Gasteiger partial charge is 0.253 e. The van der Waals surface area contributed by atoms with Crippen molar-refractivity contribution in [2.75, 3.05) is 19.6 Å². The van der Waals surface area contributed by atoms with Crippen LogP contribution < -0.4 is 5.32 Å². The fourth-order valence-electron chi connectivity index (χ4n) is 5.41. The summed E-state index contributed by atoms with van der Waals surface area (Å²) in [4.78, 5) is 27.0. The molecule has 1 spiro atoms. The van der Waals surface area contributed by atoms with Crippen LogP contribution in [0.15, 0.2) is 54.6 Å². The first-order valence-corrected chi connectivity index (χ1v) is 12.1. The lowest BCUT2D eigenvalue weighted by molar-refractivity contribution is -0.121. The largest absolute Gasteiger partial charge is 0.356 e. The fourth-order valence-corrected chi connectivity index (χ4v) is 5.41. The van der Waals surface area contributed by atoms with Gasteiger partial charge in [0, 0.05) is 31.6 Å². The van der Waals surface area contributed by atoms with Crippen LogP contribution in [0.4, 0.5) is 0 Å². The van der Waals surface area contributed by atoms with Crippen LogP contribution in [-0.4, -0.2) is 36.3 Å². The van der Waals surface area contributed by atoms with Gasteiger partial charge in [-0.05, 0) is 96.2 Å². The van der Waals surface area contributed by atoms with Crippen LogP contribution in [-0.2, 0) is 4.79 Å². The van der Waals surface area contributed by atoms with Crippen LogP contribution in [0.5, 0.6) is 0 Å². The van der Waals surface area contributed by atoms with Crippen LogP contribution >= 0.6 is 0 Å². The van der Waals surface area contributed by atoms with E-state index in [-0.39, 0.29) is 17.2 Å². The van der Waals surface area contributed by atoms with Gasteiger partial charge in [-0.1, -0.05) is 36.4 Å². The van der Waals surface area contributed by atoms with E-state index in [1.54, 1.807) is 0 Å². The molecule has 0 aliphatic carbocycles. The first-order valence-electron chi connectivity index (χ1n) is 12.1. The number of benzene rings is 3. The topological polar surface area (TPSA) is 49.4 Å². The lowest BCUT2D eigenvalue weighted by Crippen LogP contribution is -2.43. The van der Waals surface area contributed by atoms with E-state index in [2.05, 4.69) is 61.6 Å². The van der Waals surface area contributed by atoms with Crippen LogP contribution in [0, 0.1) is 19.3 Å². The Labute approximate surface area is 196 Å². The minimum Gasteiger partial charge on any atom is -0.356 e. The third kappa shape index (κ3) is 4.39. The van der Waals surface area contributed by atoms with Gasteiger partial charge in [-0.3, -0.25) is 9.59 Å². The summed E-state index contributed by atoms with van der Waals surface area (Å²) in [6, 6.07) is 19.1. The Morgan fingerprint density at radius 1 is 0.818 bits per heavy atom. The Balaban J connectivity index is 1.31. The van der Waals surface area contributed by atoms with E-state index in [9.17, 15) is 9.59 Å². The average Bonchev–Trinajstić information content (AvgIpc) is 3.01. The number of likely N-dealkylation sites (tertiary alicyclic amines) is 1. The van der Waals surface area contributed by atoms with Crippen molar-refractivity contribution in [3.8, 4) is 11.1 Å². The highest BCUT2D eigenvalue weighted by Crippen LogP contribution is 2.40. The summed E-state index contributed by atoms with van der Waals surface area (Å²) in [5.41, 5.74) is 5.98. The molecule has 0 saturated carbocycles. The molecule has 0 bridgehead atoms. The third-order valence-corrected chi connectivity index (χ3v) is 7.90. The van der Waals surface area contributed by atoms with Crippen molar-refractivity contribution in [1.82, 2.24) is 10.2 Å². The molecule has 2 aliphatic rings. The summed E-state index contributed by atoms with van der Waals surface area (Å²) in [5.74, 6) is 0.287. The molecule has 33 heavy (non-hydrogen) atoms. The van der Waals surface area contributed by atoms with Gasteiger partial charge in [-0.25, -0.2) is 0 Å². The van der Waals surface area contributed by atoms with E-state index in [1.165, 1.54) is 22.3 Å². The number of carbonyl (C=O) groups is 2. The number of piperidine rings is 1. The zero-order valence-corrected chi connectivity index (χ0v) is 19.6. The van der Waals surface area contributed by atoms with Gasteiger partial charge in [-0.2, -0.15) is 0 Å². The van der Waals surface area contributed by atoms with Crippen LogP contribution in [0.3, 0.4) is 0 Å². The molecular weight excluding hydrogens is 408 g/mol. The summed E-state index contributed by atoms with van der Waals surface area (Å²) >= 11 is 0. The summed E-state index contributed by atoms with van der Waals surface area (Å²) in [7, 11) is 0. The number of fused-ring (bicyclic) bond motifs is 1. The van der Waals surface area contributed by atoms with Gasteiger partial charge in [0.15, 0.2) is 0 Å². The molecule has 2 amide bonds. The zero-order chi connectivity index (χ0) is 23.0. The van der Waals surface area contributed by atoms with Gasteiger partial charge < -0.3 is 10.2 Å². The van der Waals surface area contributed by atoms with Crippen LogP contribution in [0.1, 0.15) is 53.6 Å². The van der Waals surface area contributed by atoms with E-state index in [1.807, 2.05) is 17.0 Å². The molecule has 2 heterocycles. The number of amides is 2. The Morgan fingerprint density at radius 3 is 2.30 bits per heavy atom. The predicted molar refractivity (Wildman–Crippen MR) is 133 cm³/mol. The van der Waals surface area contributed by atoms with E-state index < -0.39 is 0 Å². The summed E-state index contributed by atoms with van der Waals surface area (Å²) in [6.07, 6.45) is 4.56. The van der Waals surface area contributed by atoms with Crippen molar-refractivity contribution < 1.29 is 9.59 Å². The number of carbonyl (C=O) groups excluding carboxylic acids is 2. The molecule has 4 nitrogen and oxygen atoms in total. The number of nitrogens with zero attached hydrogens (tertiary/aromatic N) is 1. The number of hydrogen-bond donors (Lipinski definition) is 1. The molecular formula is C29H32N2O2. The lowest BCUT2D eigenvalue weighted by atomic mass is 9.73. The average molecular weight is 441 g/mol. The molecule has 3 aromatic carbocycles. The highest BCUT2D eigenvalue weighted by Gasteiger charge is 2.37. The van der Waals surface area contributed by atoms with Gasteiger partial charge in [-0.15, -0.1) is 0 Å². The van der Waals surface area contributed by atoms with Crippen molar-refractivity contribution in [1.29, 1.82) is 0 Å². The molecule has 0 radical (unpaired) electrons. The predicted octanol–water partition coefficient (Wildman–Crippen LogP) is 5.65. The second kappa shape index (κ2) is 8.66. The monoisotopic (exact) mass is 440 g/mol. The van der Waals surface area contributed by atoms with Crippen molar-refractivity contribution in [3.63, 3.8) is 0 Å². The van der Waals surface area contributed by atoms with E-state index in [4.69, 9.17) is 0 Å². The minimum atomic E-state index is 0.118. The summed E-state index contributed by atoms with van der Waals surface area (Å²) in [5, 5.41) is 5.23. The molecule has 0 aromatic heterocycles. The van der Waals surface area contributed by atoms with Gasteiger partial charge in [0.25, 0.3) is 5.91 Å². The molecule has 2 saturated heterocycles. The quantitative estimate of drug-likeness (QED) is 0.560. The lowest BCUT2D eigenvalue weighted by Gasteiger charge is -2.41. The Bertz CT molecular complexity index is 1220. The first kappa shape index (κ1) is 21.7. The second-order valence-corrected chi connectivity index (χ2v) is 9.97. The zero-order valence-electron chi connectivity index (χ0n) is 19.6. The van der Waals surface area contributed by atoms with Crippen LogP contribution in [0.25, 0.3) is 21.9 Å². The van der Waals surface area contributed by atoms with Gasteiger partial charge >= 0.3 is 0 Å². The number of rotatable bonds is 2. The standard InChI is InChI=1S/C29H32N2O2/c1-20-3-4-22(17-21(20)2)23-5-6-25-19-26(8-7-24(25)18-23)28(33)31-15-12-29(13-16-31)10-9-27(32)30-14-11-29/h3-8,17-19H,9-16H2,1-2H3,(H,30,32). The van der Waals surface area contributed by atoms with E-state index >= 15 is 0 Å². The molecule has 5 rings (SSSR count). The third-order valence-electron chi connectivity index (χ3n) is 7.90. The molecule has 2 aliphatic heterocycles. The van der Waals surface area contributed by atoms with Crippen molar-refractivity contribution in [2.24, 2.45) is 5.41 Å². The summed E-state index contributed by atoms with van der Waals surface area (Å²) in [6.45, 7) is 6.59. The van der Waals surface area contributed by atoms with Crippen molar-refractivity contribution >= 4 is 22.6 Å².